The molecule has 1 aliphatic carbocycles. The minimum atomic E-state index is -0.0170. The third-order valence-electron chi connectivity index (χ3n) is 4.81. The van der Waals surface area contributed by atoms with Gasteiger partial charge in [0.05, 0.1) is 6.07 Å². The number of nitriles is 1. The van der Waals surface area contributed by atoms with E-state index >= 15 is 0 Å². The van der Waals surface area contributed by atoms with Gasteiger partial charge in [-0.3, -0.25) is 10.00 Å². The Labute approximate surface area is 131 Å². The Morgan fingerprint density at radius 3 is 3.00 bits per heavy atom. The van der Waals surface area contributed by atoms with Crippen LogP contribution in [0.3, 0.4) is 0 Å². The highest BCUT2D eigenvalue weighted by atomic mass is 16.2. The molecular formula is C16H23N5O. The van der Waals surface area contributed by atoms with Crippen LogP contribution in [0, 0.1) is 17.2 Å². The number of carbonyl (C=O) groups excluding carboxylic acids is 1. The van der Waals surface area contributed by atoms with Crippen molar-refractivity contribution in [1.82, 2.24) is 14.7 Å². The molecule has 22 heavy (non-hydrogen) atoms. The molecule has 6 nitrogen and oxygen atoms in total. The normalized spacial score (nSPS) is 21.4. The molecule has 1 aromatic heterocycles. The van der Waals surface area contributed by atoms with Gasteiger partial charge in [0.25, 0.3) is 0 Å². The number of likely N-dealkylation sites (tertiary alicyclic amines) is 1. The summed E-state index contributed by atoms with van der Waals surface area (Å²) in [6.07, 6.45) is 9.24. The first-order chi connectivity index (χ1) is 10.8. The molecule has 118 valence electrons. The molecule has 0 spiro atoms. The zero-order valence-electron chi connectivity index (χ0n) is 12.9. The van der Waals surface area contributed by atoms with Crippen LogP contribution in [0.5, 0.6) is 0 Å². The number of aromatic nitrogens is 2. The summed E-state index contributed by atoms with van der Waals surface area (Å²) in [5.74, 6) is 1.30. The van der Waals surface area contributed by atoms with Gasteiger partial charge in [-0.1, -0.05) is 6.42 Å². The van der Waals surface area contributed by atoms with Crippen LogP contribution in [0.4, 0.5) is 10.6 Å². The monoisotopic (exact) mass is 301 g/mol. The number of carbonyl (C=O) groups is 1. The van der Waals surface area contributed by atoms with Crippen molar-refractivity contribution in [3.8, 4) is 6.07 Å². The van der Waals surface area contributed by atoms with Gasteiger partial charge in [-0.25, -0.2) is 4.79 Å². The number of amides is 2. The van der Waals surface area contributed by atoms with E-state index in [2.05, 4.69) is 16.5 Å². The van der Waals surface area contributed by atoms with Gasteiger partial charge in [0, 0.05) is 37.8 Å². The molecule has 2 heterocycles. The summed E-state index contributed by atoms with van der Waals surface area (Å²) >= 11 is 0. The average molecular weight is 301 g/mol. The van der Waals surface area contributed by atoms with Crippen LogP contribution in [0.1, 0.15) is 44.9 Å². The van der Waals surface area contributed by atoms with Gasteiger partial charge < -0.3 is 4.90 Å². The summed E-state index contributed by atoms with van der Waals surface area (Å²) in [4.78, 5) is 14.5. The van der Waals surface area contributed by atoms with Crippen LogP contribution in [0.2, 0.25) is 0 Å². The number of hydrogen-bond acceptors (Lipinski definition) is 3. The van der Waals surface area contributed by atoms with E-state index in [9.17, 15) is 4.79 Å². The predicted octanol–water partition coefficient (Wildman–Crippen LogP) is 2.98. The maximum absolute atomic E-state index is 12.5. The summed E-state index contributed by atoms with van der Waals surface area (Å²) in [5.41, 5.74) is 0. The second-order valence-electron chi connectivity index (χ2n) is 6.25. The lowest BCUT2D eigenvalue weighted by molar-refractivity contribution is 0.147. The average Bonchev–Trinajstić information content (AvgIpc) is 3.07. The highest BCUT2D eigenvalue weighted by Gasteiger charge is 2.37. The molecule has 2 aliphatic rings. The molecule has 6 heteroatoms. The van der Waals surface area contributed by atoms with Crippen molar-refractivity contribution in [1.29, 1.82) is 5.26 Å². The Hall–Kier alpha value is -2.03. The Bertz CT molecular complexity index is 557. The minimum Gasteiger partial charge on any atom is -0.321 e. The maximum atomic E-state index is 12.5. The van der Waals surface area contributed by atoms with Crippen LogP contribution in [-0.4, -0.2) is 33.3 Å². The minimum absolute atomic E-state index is 0.0170. The highest BCUT2D eigenvalue weighted by molar-refractivity contribution is 5.88. The first kappa shape index (κ1) is 14.9. The van der Waals surface area contributed by atoms with Crippen molar-refractivity contribution >= 4 is 11.8 Å². The molecule has 1 aliphatic heterocycles. The van der Waals surface area contributed by atoms with Crippen molar-refractivity contribution < 1.29 is 4.79 Å². The molecule has 3 rings (SSSR count). The molecule has 2 fully saturated rings. The fraction of sp³-hybridized carbons (Fsp3) is 0.688. The van der Waals surface area contributed by atoms with Crippen molar-refractivity contribution in [2.45, 2.75) is 57.5 Å². The number of nitrogens with zero attached hydrogens (tertiary/aromatic N) is 4. The maximum Gasteiger partial charge on any atom is 0.323 e. The fourth-order valence-corrected chi connectivity index (χ4v) is 3.41. The predicted molar refractivity (Wildman–Crippen MR) is 83.2 cm³/mol. The zero-order chi connectivity index (χ0) is 15.4. The molecule has 2 amide bonds. The lowest BCUT2D eigenvalue weighted by Crippen LogP contribution is -2.44. The number of aryl methyl sites for hydroxylation is 1. The summed E-state index contributed by atoms with van der Waals surface area (Å²) in [5, 5.41) is 15.8. The first-order valence-electron chi connectivity index (χ1n) is 8.26. The van der Waals surface area contributed by atoms with E-state index in [1.807, 2.05) is 17.2 Å². The molecule has 1 aromatic rings. The first-order valence-corrected chi connectivity index (χ1v) is 8.26. The van der Waals surface area contributed by atoms with E-state index in [0.717, 1.165) is 25.8 Å². The fourth-order valence-electron chi connectivity index (χ4n) is 3.41. The molecule has 1 saturated heterocycles. The molecule has 0 bridgehead atoms. The van der Waals surface area contributed by atoms with Gasteiger partial charge in [-0.05, 0) is 38.0 Å². The Balaban J connectivity index is 1.53. The van der Waals surface area contributed by atoms with Gasteiger partial charge in [0.2, 0.25) is 0 Å². The SMILES string of the molecule is N#CCCCn1ccc(NC(=O)N2CCCC2C2CCC2)n1. The Kier molecular flexibility index (Phi) is 4.62. The van der Waals surface area contributed by atoms with Crippen LogP contribution in [-0.2, 0) is 6.54 Å². The van der Waals surface area contributed by atoms with Gasteiger partial charge in [0.15, 0.2) is 5.82 Å². The summed E-state index contributed by atoms with van der Waals surface area (Å²) in [6, 6.07) is 4.35. The number of urea groups is 1. The van der Waals surface area contributed by atoms with Gasteiger partial charge in [-0.15, -0.1) is 0 Å². The van der Waals surface area contributed by atoms with Gasteiger partial charge >= 0.3 is 6.03 Å². The standard InChI is InChI=1S/C16H23N5O/c17-9-1-2-10-20-12-8-15(19-20)18-16(22)21-11-4-7-14(21)13-5-3-6-13/h8,12-14H,1-7,10-11H2,(H,18,19,22). The highest BCUT2D eigenvalue weighted by Crippen LogP contribution is 2.37. The smallest absolute Gasteiger partial charge is 0.321 e. The number of rotatable bonds is 5. The van der Waals surface area contributed by atoms with E-state index in [0.29, 0.717) is 30.7 Å². The van der Waals surface area contributed by atoms with Crippen molar-refractivity contribution in [2.75, 3.05) is 11.9 Å². The van der Waals surface area contributed by atoms with Gasteiger partial charge in [0.1, 0.15) is 0 Å². The number of nitrogens with one attached hydrogen (secondary N) is 1. The lowest BCUT2D eigenvalue weighted by atomic mass is 9.79. The zero-order valence-corrected chi connectivity index (χ0v) is 12.9. The Morgan fingerprint density at radius 2 is 2.27 bits per heavy atom. The number of hydrogen-bond donors (Lipinski definition) is 1. The van der Waals surface area contributed by atoms with Crippen LogP contribution in [0.15, 0.2) is 12.3 Å². The van der Waals surface area contributed by atoms with E-state index < -0.39 is 0 Å². The molecule has 1 unspecified atom stereocenters. The summed E-state index contributed by atoms with van der Waals surface area (Å²) in [7, 11) is 0. The van der Waals surface area contributed by atoms with E-state index in [-0.39, 0.29) is 6.03 Å². The topological polar surface area (TPSA) is 74.0 Å². The molecular weight excluding hydrogens is 278 g/mol. The van der Waals surface area contributed by atoms with Crippen LogP contribution < -0.4 is 5.32 Å². The van der Waals surface area contributed by atoms with Crippen LogP contribution in [0.25, 0.3) is 0 Å². The lowest BCUT2D eigenvalue weighted by Gasteiger charge is -2.36. The van der Waals surface area contributed by atoms with E-state index in [4.69, 9.17) is 5.26 Å². The second kappa shape index (κ2) is 6.82. The Morgan fingerprint density at radius 1 is 1.41 bits per heavy atom. The molecule has 1 N–H and O–H groups in total. The molecule has 1 atom stereocenters. The van der Waals surface area contributed by atoms with Crippen molar-refractivity contribution in [2.24, 2.45) is 5.92 Å². The third-order valence-corrected chi connectivity index (χ3v) is 4.81. The third kappa shape index (κ3) is 3.24. The van der Waals surface area contributed by atoms with Crippen molar-refractivity contribution in [3.63, 3.8) is 0 Å². The van der Waals surface area contributed by atoms with E-state index in [1.165, 1.54) is 19.3 Å². The summed E-state index contributed by atoms with van der Waals surface area (Å²) in [6.45, 7) is 1.56. The molecule has 1 saturated carbocycles. The van der Waals surface area contributed by atoms with Crippen LogP contribution >= 0.6 is 0 Å². The summed E-state index contributed by atoms with van der Waals surface area (Å²) < 4.78 is 1.78. The van der Waals surface area contributed by atoms with E-state index in [1.54, 1.807) is 4.68 Å². The number of anilines is 1. The van der Waals surface area contributed by atoms with Gasteiger partial charge in [-0.2, -0.15) is 10.4 Å². The number of unbranched alkanes of at least 4 members (excludes halogenated alkanes) is 1. The second-order valence-corrected chi connectivity index (χ2v) is 6.25. The molecule has 0 aromatic carbocycles. The van der Waals surface area contributed by atoms with Crippen molar-refractivity contribution in [3.05, 3.63) is 12.3 Å². The quantitative estimate of drug-likeness (QED) is 0.850. The largest absolute Gasteiger partial charge is 0.323 e. The molecule has 0 radical (unpaired) electrons.